The maximum Gasteiger partial charge on any atom is 0.337 e. The highest BCUT2D eigenvalue weighted by Gasteiger charge is 2.21. The number of carboxylic acid groups (broad SMARTS) is 1. The third-order valence-electron chi connectivity index (χ3n) is 4.75. The van der Waals surface area contributed by atoms with Gasteiger partial charge in [-0.15, -0.1) is 0 Å². The molecular formula is C20H22FN3O3. The molecule has 2 N–H and O–H groups in total. The first-order valence-electron chi connectivity index (χ1n) is 8.89. The number of rotatable bonds is 5. The van der Waals surface area contributed by atoms with Gasteiger partial charge < -0.3 is 20.2 Å². The number of piperazine rings is 1. The molecule has 0 unspecified atom stereocenters. The Bertz CT molecular complexity index is 831. The third-order valence-corrected chi connectivity index (χ3v) is 4.75. The predicted molar refractivity (Wildman–Crippen MR) is 102 cm³/mol. The smallest absolute Gasteiger partial charge is 0.337 e. The molecule has 6 nitrogen and oxygen atoms in total. The molecule has 0 atom stereocenters. The summed E-state index contributed by atoms with van der Waals surface area (Å²) in [5.74, 6) is -1.89. The van der Waals surface area contributed by atoms with Crippen molar-refractivity contribution in [3.63, 3.8) is 0 Å². The lowest BCUT2D eigenvalue weighted by molar-refractivity contribution is 0.0697. The number of nitrogens with zero attached hydrogens (tertiary/aromatic N) is 2. The second-order valence-electron chi connectivity index (χ2n) is 6.42. The molecule has 0 radical (unpaired) electrons. The van der Waals surface area contributed by atoms with E-state index in [1.807, 2.05) is 0 Å². The number of carbonyl (C=O) groups excluding carboxylic acids is 1. The summed E-state index contributed by atoms with van der Waals surface area (Å²) in [6.07, 6.45) is 0. The lowest BCUT2D eigenvalue weighted by Gasteiger charge is -2.36. The summed E-state index contributed by atoms with van der Waals surface area (Å²) in [5, 5.41) is 12.3. The zero-order valence-corrected chi connectivity index (χ0v) is 15.1. The van der Waals surface area contributed by atoms with Crippen LogP contribution in [0.3, 0.4) is 0 Å². The summed E-state index contributed by atoms with van der Waals surface area (Å²) in [6.45, 7) is 6.38. The second kappa shape index (κ2) is 8.18. The van der Waals surface area contributed by atoms with Crippen molar-refractivity contribution in [3.05, 3.63) is 59.4 Å². The number of anilines is 2. The molecule has 0 bridgehead atoms. The number of carbonyl (C=O) groups is 2. The summed E-state index contributed by atoms with van der Waals surface area (Å²) in [7, 11) is 0. The Balaban J connectivity index is 1.78. The average molecular weight is 371 g/mol. The van der Waals surface area contributed by atoms with Crippen LogP contribution in [0.2, 0.25) is 0 Å². The van der Waals surface area contributed by atoms with Crippen LogP contribution in [0.5, 0.6) is 0 Å². The number of aromatic carboxylic acids is 1. The number of hydrogen-bond donors (Lipinski definition) is 2. The fourth-order valence-corrected chi connectivity index (χ4v) is 3.17. The van der Waals surface area contributed by atoms with Crippen LogP contribution >= 0.6 is 0 Å². The molecule has 1 aliphatic rings. The van der Waals surface area contributed by atoms with Gasteiger partial charge in [-0.1, -0.05) is 6.92 Å². The zero-order chi connectivity index (χ0) is 19.4. The Morgan fingerprint density at radius 1 is 1.07 bits per heavy atom. The topological polar surface area (TPSA) is 72.9 Å². The van der Waals surface area contributed by atoms with Crippen LogP contribution in [0.1, 0.15) is 27.6 Å². The van der Waals surface area contributed by atoms with Crippen molar-refractivity contribution < 1.29 is 19.1 Å². The standard InChI is InChI=1S/C20H22FN3O3/c1-2-23-9-11-24(12-10-23)18-8-7-16(13-17(18)20(26)27)22-19(25)14-3-5-15(21)6-4-14/h3-8,13H,2,9-12H2,1H3,(H,22,25)(H,26,27). The molecule has 0 saturated carbocycles. The van der Waals surface area contributed by atoms with Crippen LogP contribution in [-0.4, -0.2) is 54.6 Å². The van der Waals surface area contributed by atoms with Gasteiger partial charge in [0.1, 0.15) is 5.82 Å². The first kappa shape index (κ1) is 18.8. The second-order valence-corrected chi connectivity index (χ2v) is 6.42. The minimum absolute atomic E-state index is 0.150. The molecule has 0 spiro atoms. The van der Waals surface area contributed by atoms with Crippen LogP contribution in [0, 0.1) is 5.82 Å². The first-order valence-corrected chi connectivity index (χ1v) is 8.89. The third kappa shape index (κ3) is 4.43. The van der Waals surface area contributed by atoms with E-state index in [1.165, 1.54) is 30.3 Å². The van der Waals surface area contributed by atoms with Crippen LogP contribution < -0.4 is 10.2 Å². The number of likely N-dealkylation sites (N-methyl/N-ethyl adjacent to an activating group) is 1. The summed E-state index contributed by atoms with van der Waals surface area (Å²) < 4.78 is 13.0. The van der Waals surface area contributed by atoms with E-state index in [0.717, 1.165) is 32.7 Å². The van der Waals surface area contributed by atoms with Crippen LogP contribution in [-0.2, 0) is 0 Å². The molecule has 142 valence electrons. The Hall–Kier alpha value is -2.93. The summed E-state index contributed by atoms with van der Waals surface area (Å²) >= 11 is 0. The van der Waals surface area contributed by atoms with Crippen LogP contribution in [0.15, 0.2) is 42.5 Å². The van der Waals surface area contributed by atoms with Gasteiger partial charge in [0.2, 0.25) is 0 Å². The Morgan fingerprint density at radius 3 is 2.33 bits per heavy atom. The van der Waals surface area contributed by atoms with Gasteiger partial charge in [-0.05, 0) is 49.0 Å². The molecule has 1 saturated heterocycles. The highest BCUT2D eigenvalue weighted by atomic mass is 19.1. The number of carboxylic acids is 1. The molecule has 2 aromatic carbocycles. The lowest BCUT2D eigenvalue weighted by atomic mass is 10.1. The maximum atomic E-state index is 13.0. The quantitative estimate of drug-likeness (QED) is 0.846. The van der Waals surface area contributed by atoms with Gasteiger partial charge in [0.05, 0.1) is 11.3 Å². The van der Waals surface area contributed by atoms with E-state index in [0.29, 0.717) is 16.9 Å². The number of hydrogen-bond acceptors (Lipinski definition) is 4. The van der Waals surface area contributed by atoms with Crippen molar-refractivity contribution in [2.75, 3.05) is 42.9 Å². The zero-order valence-electron chi connectivity index (χ0n) is 15.1. The fraction of sp³-hybridized carbons (Fsp3) is 0.300. The van der Waals surface area contributed by atoms with E-state index in [-0.39, 0.29) is 5.56 Å². The van der Waals surface area contributed by atoms with Crippen LogP contribution in [0.4, 0.5) is 15.8 Å². The maximum absolute atomic E-state index is 13.0. The number of halogens is 1. The SMILES string of the molecule is CCN1CCN(c2ccc(NC(=O)c3ccc(F)cc3)cc2C(=O)O)CC1. The number of amides is 1. The molecule has 0 aromatic heterocycles. The van der Waals surface area contributed by atoms with Gasteiger partial charge >= 0.3 is 5.97 Å². The highest BCUT2D eigenvalue weighted by Crippen LogP contribution is 2.26. The van der Waals surface area contributed by atoms with E-state index in [4.69, 9.17) is 0 Å². The molecule has 7 heteroatoms. The molecule has 3 rings (SSSR count). The normalized spacial score (nSPS) is 14.8. The van der Waals surface area contributed by atoms with E-state index in [1.54, 1.807) is 12.1 Å². The fourth-order valence-electron chi connectivity index (χ4n) is 3.17. The van der Waals surface area contributed by atoms with Gasteiger partial charge in [0, 0.05) is 37.4 Å². The van der Waals surface area contributed by atoms with Gasteiger partial charge in [0.15, 0.2) is 0 Å². The van der Waals surface area contributed by atoms with Crippen LogP contribution in [0.25, 0.3) is 0 Å². The largest absolute Gasteiger partial charge is 0.478 e. The van der Waals surface area contributed by atoms with Crippen molar-refractivity contribution in [2.24, 2.45) is 0 Å². The summed E-state index contributed by atoms with van der Waals surface area (Å²) in [6, 6.07) is 10.0. The monoisotopic (exact) mass is 371 g/mol. The summed E-state index contributed by atoms with van der Waals surface area (Å²) in [5.41, 5.74) is 1.49. The molecule has 1 fully saturated rings. The Labute approximate surface area is 157 Å². The summed E-state index contributed by atoms with van der Waals surface area (Å²) in [4.78, 5) is 28.4. The molecule has 27 heavy (non-hydrogen) atoms. The molecule has 2 aromatic rings. The minimum atomic E-state index is -1.04. The van der Waals surface area contributed by atoms with E-state index in [9.17, 15) is 19.1 Å². The van der Waals surface area contributed by atoms with Gasteiger partial charge in [-0.25, -0.2) is 9.18 Å². The van der Waals surface area contributed by atoms with Crippen molar-refractivity contribution in [1.29, 1.82) is 0 Å². The van der Waals surface area contributed by atoms with E-state index in [2.05, 4.69) is 22.0 Å². The number of benzene rings is 2. The van der Waals surface area contributed by atoms with Crippen molar-refractivity contribution >= 4 is 23.3 Å². The van der Waals surface area contributed by atoms with Crippen molar-refractivity contribution in [2.45, 2.75) is 6.92 Å². The van der Waals surface area contributed by atoms with E-state index < -0.39 is 17.7 Å². The molecule has 0 aliphatic carbocycles. The number of nitrogens with one attached hydrogen (secondary N) is 1. The van der Waals surface area contributed by atoms with Crippen molar-refractivity contribution in [3.8, 4) is 0 Å². The van der Waals surface area contributed by atoms with Gasteiger partial charge in [-0.3, -0.25) is 4.79 Å². The predicted octanol–water partition coefficient (Wildman–Crippen LogP) is 2.92. The first-order chi connectivity index (χ1) is 13.0. The lowest BCUT2D eigenvalue weighted by Crippen LogP contribution is -2.46. The highest BCUT2D eigenvalue weighted by molar-refractivity contribution is 6.05. The molecule has 1 amide bonds. The minimum Gasteiger partial charge on any atom is -0.478 e. The van der Waals surface area contributed by atoms with E-state index >= 15 is 0 Å². The van der Waals surface area contributed by atoms with Gasteiger partial charge in [0.25, 0.3) is 5.91 Å². The Morgan fingerprint density at radius 2 is 1.74 bits per heavy atom. The van der Waals surface area contributed by atoms with Crippen molar-refractivity contribution in [1.82, 2.24) is 4.90 Å². The molecular weight excluding hydrogens is 349 g/mol. The molecule has 1 heterocycles. The molecule has 1 aliphatic heterocycles. The van der Waals surface area contributed by atoms with Gasteiger partial charge in [-0.2, -0.15) is 0 Å². The Kier molecular flexibility index (Phi) is 5.71. The average Bonchev–Trinajstić information content (AvgIpc) is 2.68.